The van der Waals surface area contributed by atoms with Crippen LogP contribution in [0.25, 0.3) is 0 Å². The Labute approximate surface area is 128 Å². The number of nitriles is 1. The molecule has 114 valence electrons. The van der Waals surface area contributed by atoms with E-state index in [1.54, 1.807) is 18.5 Å². The van der Waals surface area contributed by atoms with Crippen molar-refractivity contribution in [2.75, 3.05) is 18.0 Å². The Morgan fingerprint density at radius 2 is 2.23 bits per heavy atom. The fraction of sp³-hybridized carbons (Fsp3) is 0.467. The lowest BCUT2D eigenvalue weighted by atomic mass is 9.98. The minimum Gasteiger partial charge on any atom is -0.366 e. The van der Waals surface area contributed by atoms with Crippen molar-refractivity contribution in [1.82, 2.24) is 15.2 Å². The van der Waals surface area contributed by atoms with Crippen molar-refractivity contribution in [3.63, 3.8) is 0 Å². The van der Waals surface area contributed by atoms with Gasteiger partial charge in [0.25, 0.3) is 5.91 Å². The standard InChI is InChI=1S/C15H17N5O2/c1-10(2)20-13(21)15(18-14(20)22)4-6-19(9-15)12-8-17-5-3-11(12)7-16/h3,5,8,10H,4,6,9H2,1-2H3,(H,18,22). The minimum absolute atomic E-state index is 0.172. The zero-order valence-corrected chi connectivity index (χ0v) is 12.5. The third-order valence-electron chi connectivity index (χ3n) is 4.24. The lowest BCUT2D eigenvalue weighted by molar-refractivity contribution is -0.131. The molecule has 2 saturated heterocycles. The normalized spacial score (nSPS) is 24.3. The van der Waals surface area contributed by atoms with Crippen LogP contribution in [0.1, 0.15) is 25.8 Å². The van der Waals surface area contributed by atoms with E-state index in [9.17, 15) is 14.9 Å². The van der Waals surface area contributed by atoms with E-state index in [1.807, 2.05) is 18.7 Å². The third-order valence-corrected chi connectivity index (χ3v) is 4.24. The van der Waals surface area contributed by atoms with Gasteiger partial charge in [-0.25, -0.2) is 4.79 Å². The second-order valence-corrected chi connectivity index (χ2v) is 5.96. The van der Waals surface area contributed by atoms with E-state index < -0.39 is 5.54 Å². The molecular formula is C15H17N5O2. The van der Waals surface area contributed by atoms with Crippen molar-refractivity contribution in [2.45, 2.75) is 31.8 Å². The van der Waals surface area contributed by atoms with Crippen molar-refractivity contribution < 1.29 is 9.59 Å². The van der Waals surface area contributed by atoms with Crippen LogP contribution in [0.3, 0.4) is 0 Å². The Bertz CT molecular complexity index is 681. The SMILES string of the molecule is CC(C)N1C(=O)NC2(CCN(c3cnccc3C#N)C2)C1=O. The highest BCUT2D eigenvalue weighted by atomic mass is 16.2. The van der Waals surface area contributed by atoms with E-state index in [-0.39, 0.29) is 18.0 Å². The second kappa shape index (κ2) is 4.98. The molecule has 1 atom stereocenters. The molecule has 0 radical (unpaired) electrons. The maximum Gasteiger partial charge on any atom is 0.325 e. The number of carbonyl (C=O) groups is 2. The first-order valence-corrected chi connectivity index (χ1v) is 7.23. The molecule has 1 spiro atoms. The van der Waals surface area contributed by atoms with Gasteiger partial charge in [0.1, 0.15) is 11.6 Å². The van der Waals surface area contributed by atoms with Gasteiger partial charge in [-0.2, -0.15) is 5.26 Å². The quantitative estimate of drug-likeness (QED) is 0.818. The molecular weight excluding hydrogens is 282 g/mol. The van der Waals surface area contributed by atoms with Crippen LogP contribution in [0.2, 0.25) is 0 Å². The predicted octanol–water partition coefficient (Wildman–Crippen LogP) is 0.862. The highest BCUT2D eigenvalue weighted by Crippen LogP contribution is 2.33. The van der Waals surface area contributed by atoms with Crippen LogP contribution >= 0.6 is 0 Å². The first-order chi connectivity index (χ1) is 10.5. The molecule has 3 heterocycles. The second-order valence-electron chi connectivity index (χ2n) is 5.96. The highest BCUT2D eigenvalue weighted by molar-refractivity contribution is 6.08. The summed E-state index contributed by atoms with van der Waals surface area (Å²) in [5.74, 6) is -0.183. The van der Waals surface area contributed by atoms with Gasteiger partial charge in [-0.05, 0) is 26.3 Å². The molecule has 2 fully saturated rings. The fourth-order valence-corrected chi connectivity index (χ4v) is 3.13. The fourth-order valence-electron chi connectivity index (χ4n) is 3.13. The van der Waals surface area contributed by atoms with Crippen LogP contribution < -0.4 is 10.2 Å². The average Bonchev–Trinajstić information content (AvgIpc) is 3.01. The van der Waals surface area contributed by atoms with Crippen LogP contribution in [0.5, 0.6) is 0 Å². The molecule has 0 saturated carbocycles. The van der Waals surface area contributed by atoms with Crippen molar-refractivity contribution in [3.8, 4) is 6.07 Å². The number of hydrogen-bond donors (Lipinski definition) is 1. The molecule has 0 bridgehead atoms. The average molecular weight is 299 g/mol. The van der Waals surface area contributed by atoms with Gasteiger partial charge < -0.3 is 10.2 Å². The summed E-state index contributed by atoms with van der Waals surface area (Å²) < 4.78 is 0. The number of imide groups is 1. The first-order valence-electron chi connectivity index (χ1n) is 7.23. The molecule has 3 rings (SSSR count). The maximum absolute atomic E-state index is 12.6. The van der Waals surface area contributed by atoms with Crippen LogP contribution in [-0.2, 0) is 4.79 Å². The van der Waals surface area contributed by atoms with E-state index in [2.05, 4.69) is 16.4 Å². The van der Waals surface area contributed by atoms with E-state index >= 15 is 0 Å². The zero-order valence-electron chi connectivity index (χ0n) is 12.5. The van der Waals surface area contributed by atoms with Gasteiger partial charge in [0.15, 0.2) is 0 Å². The summed E-state index contributed by atoms with van der Waals surface area (Å²) in [6.07, 6.45) is 3.72. The van der Waals surface area contributed by atoms with Crippen LogP contribution in [0, 0.1) is 11.3 Å². The zero-order chi connectivity index (χ0) is 15.9. The summed E-state index contributed by atoms with van der Waals surface area (Å²) in [5, 5.41) is 12.0. The highest BCUT2D eigenvalue weighted by Gasteiger charge is 2.55. The Balaban J connectivity index is 1.88. The summed E-state index contributed by atoms with van der Waals surface area (Å²) >= 11 is 0. The molecule has 2 aliphatic heterocycles. The number of carbonyl (C=O) groups excluding carboxylic acids is 2. The Morgan fingerprint density at radius 3 is 2.86 bits per heavy atom. The van der Waals surface area contributed by atoms with Gasteiger partial charge in [0.05, 0.1) is 24.0 Å². The summed E-state index contributed by atoms with van der Waals surface area (Å²) in [5.41, 5.74) is 0.334. The maximum atomic E-state index is 12.6. The number of urea groups is 1. The number of amides is 3. The summed E-state index contributed by atoms with van der Waals surface area (Å²) in [7, 11) is 0. The first kappa shape index (κ1) is 14.3. The Kier molecular flexibility index (Phi) is 3.24. The molecule has 7 nitrogen and oxygen atoms in total. The van der Waals surface area contributed by atoms with Crippen molar-refractivity contribution in [2.24, 2.45) is 0 Å². The number of aromatic nitrogens is 1. The van der Waals surface area contributed by atoms with E-state index in [4.69, 9.17) is 0 Å². The lowest BCUT2D eigenvalue weighted by Crippen LogP contribution is -2.49. The number of pyridine rings is 1. The monoisotopic (exact) mass is 299 g/mol. The minimum atomic E-state index is -0.885. The number of rotatable bonds is 2. The van der Waals surface area contributed by atoms with E-state index in [0.717, 1.165) is 0 Å². The lowest BCUT2D eigenvalue weighted by Gasteiger charge is -2.24. The summed E-state index contributed by atoms with van der Waals surface area (Å²) in [6.45, 7) is 4.59. The van der Waals surface area contributed by atoms with Gasteiger partial charge in [0, 0.05) is 18.8 Å². The topological polar surface area (TPSA) is 89.3 Å². The number of nitrogens with zero attached hydrogens (tertiary/aromatic N) is 4. The van der Waals surface area contributed by atoms with Crippen LogP contribution in [-0.4, -0.2) is 46.5 Å². The van der Waals surface area contributed by atoms with Crippen LogP contribution in [0.4, 0.5) is 10.5 Å². The Morgan fingerprint density at radius 1 is 1.45 bits per heavy atom. The number of hydrogen-bond acceptors (Lipinski definition) is 5. The molecule has 1 aromatic heterocycles. The number of anilines is 1. The molecule has 0 aliphatic carbocycles. The largest absolute Gasteiger partial charge is 0.366 e. The van der Waals surface area contributed by atoms with Gasteiger partial charge in [0.2, 0.25) is 0 Å². The molecule has 1 N–H and O–H groups in total. The van der Waals surface area contributed by atoms with Crippen molar-refractivity contribution in [1.29, 1.82) is 5.26 Å². The van der Waals surface area contributed by atoms with Gasteiger partial charge in [-0.3, -0.25) is 14.7 Å². The van der Waals surface area contributed by atoms with Crippen LogP contribution in [0.15, 0.2) is 18.5 Å². The molecule has 1 aromatic rings. The number of nitrogens with one attached hydrogen (secondary N) is 1. The van der Waals surface area contributed by atoms with E-state index in [1.165, 1.54) is 4.90 Å². The third kappa shape index (κ3) is 1.99. The molecule has 2 aliphatic rings. The van der Waals surface area contributed by atoms with Crippen molar-refractivity contribution >= 4 is 17.6 Å². The molecule has 3 amide bonds. The molecule has 22 heavy (non-hydrogen) atoms. The smallest absolute Gasteiger partial charge is 0.325 e. The van der Waals surface area contributed by atoms with Crippen molar-refractivity contribution in [3.05, 3.63) is 24.0 Å². The Hall–Kier alpha value is -2.62. The van der Waals surface area contributed by atoms with Gasteiger partial charge >= 0.3 is 6.03 Å². The summed E-state index contributed by atoms with van der Waals surface area (Å²) in [6, 6.07) is 3.27. The van der Waals surface area contributed by atoms with E-state index in [0.29, 0.717) is 30.8 Å². The van der Waals surface area contributed by atoms with Gasteiger partial charge in [-0.15, -0.1) is 0 Å². The molecule has 0 aromatic carbocycles. The predicted molar refractivity (Wildman–Crippen MR) is 79.0 cm³/mol. The van der Waals surface area contributed by atoms with Gasteiger partial charge in [-0.1, -0.05) is 0 Å². The summed E-state index contributed by atoms with van der Waals surface area (Å²) in [4.78, 5) is 32.0. The molecule has 1 unspecified atom stereocenters. The molecule has 7 heteroatoms.